The molecule has 0 rings (SSSR count). The van der Waals surface area contributed by atoms with Gasteiger partial charge in [-0.15, -0.1) is 0 Å². The number of hydrogen-bond acceptors (Lipinski definition) is 0. The van der Waals surface area contributed by atoms with Crippen molar-refractivity contribution in [3.05, 3.63) is 0 Å². The van der Waals surface area contributed by atoms with Crippen LogP contribution in [0.1, 0.15) is 0 Å². The number of hydrogen-bond donors (Lipinski definition) is 1. The minimum Gasteiger partial charge on any atom is -1.00 e. The summed E-state index contributed by atoms with van der Waals surface area (Å²) in [5, 5.41) is 2.21. The van der Waals surface area contributed by atoms with Gasteiger partial charge in [-0.25, -0.2) is 0 Å². The quantitative estimate of drug-likeness (QED) is 0.494. The van der Waals surface area contributed by atoms with E-state index in [0.717, 1.165) is 4.48 Å². The maximum atomic E-state index is 2.21. The molecule has 2 nitrogen and oxygen atoms in total. The van der Waals surface area contributed by atoms with E-state index in [0.29, 0.717) is 0 Å². The smallest absolute Gasteiger partial charge is 0.128 e. The van der Waals surface area contributed by atoms with Gasteiger partial charge in [-0.3, -0.25) is 0 Å². The minimum atomic E-state index is 0. The molecule has 0 saturated heterocycles. The summed E-state index contributed by atoms with van der Waals surface area (Å²) in [6.45, 7) is 2.47. The second-order valence-corrected chi connectivity index (χ2v) is 3.21. The molecule has 0 aromatic heterocycles. The van der Waals surface area contributed by atoms with E-state index in [9.17, 15) is 0 Å². The van der Waals surface area contributed by atoms with Gasteiger partial charge in [0.2, 0.25) is 0 Å². The lowest BCUT2D eigenvalue weighted by Gasteiger charge is -2.21. The number of nitrogens with zero attached hydrogens (tertiary/aromatic N) is 1. The van der Waals surface area contributed by atoms with Crippen LogP contribution >= 0.6 is 0 Å². The normalized spacial score (nSPS) is 9.60. The molecule has 0 bridgehead atoms. The van der Waals surface area contributed by atoms with E-state index in [1.807, 2.05) is 0 Å². The zero-order valence-corrected chi connectivity index (χ0v) is 10.4. The van der Waals surface area contributed by atoms with Crippen molar-refractivity contribution in [2.75, 3.05) is 41.3 Å². The zero-order chi connectivity index (χ0) is 6.62. The molecular weight excluding hydrogens is 260 g/mol. The molecule has 0 saturated carbocycles. The summed E-state index contributed by atoms with van der Waals surface area (Å²) in [5.41, 5.74) is 0. The van der Waals surface area contributed by atoms with Crippen molar-refractivity contribution >= 4 is 0 Å². The summed E-state index contributed by atoms with van der Waals surface area (Å²) in [5.74, 6) is 0. The second-order valence-electron chi connectivity index (χ2n) is 3.21. The molecule has 0 aliphatic carbocycles. The molecule has 0 unspecified atom stereocenters. The predicted octanol–water partition coefficient (Wildman–Crippen LogP) is -7.11. The maximum absolute atomic E-state index is 2.21. The predicted molar refractivity (Wildman–Crippen MR) is 35.6 cm³/mol. The fraction of sp³-hybridized carbons (Fsp3) is 1.00. The van der Waals surface area contributed by atoms with Gasteiger partial charge in [-0.1, -0.05) is 0 Å². The Morgan fingerprint density at radius 3 is 1.60 bits per heavy atom. The third-order valence-electron chi connectivity index (χ3n) is 1.09. The van der Waals surface area contributed by atoms with E-state index >= 15 is 0 Å². The van der Waals surface area contributed by atoms with Gasteiger partial charge < -0.3 is 43.8 Å². The summed E-state index contributed by atoms with van der Waals surface area (Å²) in [6.07, 6.45) is 0. The van der Waals surface area contributed by atoms with E-state index < -0.39 is 0 Å². The first-order valence-electron chi connectivity index (χ1n) is 3.14. The summed E-state index contributed by atoms with van der Waals surface area (Å²) in [4.78, 5) is 0. The molecule has 0 aliphatic rings. The van der Waals surface area contributed by atoms with Gasteiger partial charge in [-0.05, 0) is 0 Å². The topological polar surface area (TPSA) is 16.6 Å². The van der Waals surface area contributed by atoms with Crippen LogP contribution in [0.3, 0.4) is 0 Å². The van der Waals surface area contributed by atoms with Crippen LogP contribution in [0.4, 0.5) is 0 Å². The first-order valence-corrected chi connectivity index (χ1v) is 3.14. The van der Waals surface area contributed by atoms with Gasteiger partial charge in [0.25, 0.3) is 0 Å². The maximum Gasteiger partial charge on any atom is 0.128 e. The monoisotopic (exact) mass is 276 g/mol. The highest BCUT2D eigenvalue weighted by Gasteiger charge is 2.04. The number of likely N-dealkylation sites (N-methyl/N-ethyl adjacent to an activating group) is 2. The largest absolute Gasteiger partial charge is 1.00 e. The van der Waals surface area contributed by atoms with Crippen molar-refractivity contribution in [2.24, 2.45) is 0 Å². The molecule has 0 aliphatic heterocycles. The molecule has 66 valence electrons. The van der Waals surface area contributed by atoms with Crippen molar-refractivity contribution in [3.63, 3.8) is 0 Å². The van der Waals surface area contributed by atoms with Gasteiger partial charge in [0.1, 0.15) is 13.1 Å². The Labute approximate surface area is 85.1 Å². The first-order chi connectivity index (χ1) is 3.56. The van der Waals surface area contributed by atoms with Crippen LogP contribution in [-0.4, -0.2) is 45.8 Å². The van der Waals surface area contributed by atoms with Crippen molar-refractivity contribution in [1.29, 1.82) is 0 Å². The Hall–Kier alpha value is 0.880. The van der Waals surface area contributed by atoms with E-state index in [1.165, 1.54) is 13.1 Å². The lowest BCUT2D eigenvalue weighted by Crippen LogP contribution is -3.00. The van der Waals surface area contributed by atoms with E-state index in [-0.39, 0.29) is 34.0 Å². The van der Waals surface area contributed by atoms with Gasteiger partial charge in [0, 0.05) is 0 Å². The first kappa shape index (κ1) is 17.1. The zero-order valence-electron chi connectivity index (χ0n) is 7.19. The SMILES string of the molecule is C[NH2+]CC[N+](C)(C)C.[Br-].[Br-]. The molecule has 0 amide bonds. The summed E-state index contributed by atoms with van der Waals surface area (Å²) in [6, 6.07) is 0. The lowest BCUT2D eigenvalue weighted by atomic mass is 10.5. The Morgan fingerprint density at radius 2 is 1.50 bits per heavy atom. The summed E-state index contributed by atoms with van der Waals surface area (Å²) in [7, 11) is 8.74. The Balaban J connectivity index is -0.000000245. The Morgan fingerprint density at radius 1 is 1.10 bits per heavy atom. The molecular formula is C6H18Br2N2. The fourth-order valence-electron chi connectivity index (χ4n) is 0.516. The Bertz CT molecular complexity index is 61.3. The molecule has 2 N–H and O–H groups in total. The minimum absolute atomic E-state index is 0. The molecule has 0 atom stereocenters. The van der Waals surface area contributed by atoms with E-state index in [4.69, 9.17) is 0 Å². The number of rotatable bonds is 3. The van der Waals surface area contributed by atoms with Crippen LogP contribution < -0.4 is 39.3 Å². The summed E-state index contributed by atoms with van der Waals surface area (Å²) >= 11 is 0. The molecule has 0 heterocycles. The highest BCUT2D eigenvalue weighted by molar-refractivity contribution is 4.18. The fourth-order valence-corrected chi connectivity index (χ4v) is 0.516. The van der Waals surface area contributed by atoms with Gasteiger partial charge in [0.15, 0.2) is 0 Å². The van der Waals surface area contributed by atoms with Crippen LogP contribution in [0.15, 0.2) is 0 Å². The van der Waals surface area contributed by atoms with E-state index in [2.05, 4.69) is 33.5 Å². The summed E-state index contributed by atoms with van der Waals surface area (Å²) < 4.78 is 1.07. The molecule has 0 radical (unpaired) electrons. The van der Waals surface area contributed by atoms with Crippen molar-refractivity contribution < 1.29 is 43.8 Å². The lowest BCUT2D eigenvalue weighted by molar-refractivity contribution is -0.883. The van der Waals surface area contributed by atoms with Crippen LogP contribution in [0.2, 0.25) is 0 Å². The molecule has 0 spiro atoms. The molecule has 0 aromatic carbocycles. The molecule has 4 heteroatoms. The average Bonchev–Trinajstić information content (AvgIpc) is 1.59. The molecule has 0 fully saturated rings. The van der Waals surface area contributed by atoms with Gasteiger partial charge in [0.05, 0.1) is 28.2 Å². The van der Waals surface area contributed by atoms with Crippen LogP contribution in [0.25, 0.3) is 0 Å². The number of halogens is 2. The Kier molecular flexibility index (Phi) is 13.7. The van der Waals surface area contributed by atoms with Crippen LogP contribution in [0, 0.1) is 0 Å². The van der Waals surface area contributed by atoms with Gasteiger partial charge in [-0.2, -0.15) is 0 Å². The van der Waals surface area contributed by atoms with E-state index in [1.54, 1.807) is 0 Å². The van der Waals surface area contributed by atoms with Crippen LogP contribution in [0.5, 0.6) is 0 Å². The second kappa shape index (κ2) is 7.98. The van der Waals surface area contributed by atoms with Crippen molar-refractivity contribution in [1.82, 2.24) is 0 Å². The standard InChI is InChI=1S/C6H17N2.2BrH/c1-7-5-6-8(2,3)4;;/h7H,5-6H2,1-4H3;2*1H/q+1;;/p-1. The van der Waals surface area contributed by atoms with Crippen molar-refractivity contribution in [2.45, 2.75) is 0 Å². The third kappa shape index (κ3) is 15.9. The van der Waals surface area contributed by atoms with Gasteiger partial charge >= 0.3 is 0 Å². The highest BCUT2D eigenvalue weighted by atomic mass is 79.9. The number of quaternary nitrogens is 2. The van der Waals surface area contributed by atoms with Crippen LogP contribution in [-0.2, 0) is 0 Å². The highest BCUT2D eigenvalue weighted by Crippen LogP contribution is 1.83. The number of nitrogens with two attached hydrogens (primary N) is 1. The average molecular weight is 278 g/mol. The van der Waals surface area contributed by atoms with Crippen molar-refractivity contribution in [3.8, 4) is 0 Å². The molecule has 0 aromatic rings. The third-order valence-corrected chi connectivity index (χ3v) is 1.09. The molecule has 10 heavy (non-hydrogen) atoms.